The van der Waals surface area contributed by atoms with Crippen LogP contribution in [0, 0.1) is 11.8 Å². The first-order chi connectivity index (χ1) is 16.6. The fourth-order valence-corrected chi connectivity index (χ4v) is 8.39. The van der Waals surface area contributed by atoms with Crippen molar-refractivity contribution >= 4 is 48.2 Å². The van der Waals surface area contributed by atoms with E-state index >= 15 is 0 Å². The summed E-state index contributed by atoms with van der Waals surface area (Å²) in [6.45, 7) is 9.92. The maximum absolute atomic E-state index is 12.2. The Morgan fingerprint density at radius 3 is 2.56 bits per heavy atom. The first-order valence-electron chi connectivity index (χ1n) is 13.4. The molecule has 1 aliphatic heterocycles. The number of allylic oxidation sites excluding steroid dienone is 1. The Hall–Kier alpha value is -0.410. The van der Waals surface area contributed by atoms with Crippen molar-refractivity contribution in [2.45, 2.75) is 111 Å². The van der Waals surface area contributed by atoms with E-state index in [1.165, 1.54) is 41.4 Å². The highest BCUT2D eigenvalue weighted by Gasteiger charge is 2.32. The van der Waals surface area contributed by atoms with Crippen LogP contribution >= 0.6 is 32.7 Å². The van der Waals surface area contributed by atoms with Crippen molar-refractivity contribution in [1.29, 1.82) is 0 Å². The zero-order valence-corrected chi connectivity index (χ0v) is 24.8. The van der Waals surface area contributed by atoms with E-state index in [4.69, 9.17) is 18.6 Å². The van der Waals surface area contributed by atoms with Gasteiger partial charge in [-0.1, -0.05) is 86.1 Å². The third-order valence-electron chi connectivity index (χ3n) is 6.69. The third kappa shape index (κ3) is 10.7. The van der Waals surface area contributed by atoms with E-state index in [-0.39, 0.29) is 26.8 Å². The van der Waals surface area contributed by atoms with E-state index in [1.54, 1.807) is 11.9 Å². The van der Waals surface area contributed by atoms with Crippen LogP contribution in [0.2, 0.25) is 0 Å². The Bertz CT molecular complexity index is 694. The monoisotopic (exact) mass is 607 g/mol. The lowest BCUT2D eigenvalue weighted by molar-refractivity contribution is -0.00491. The molecule has 1 heterocycles. The summed E-state index contributed by atoms with van der Waals surface area (Å²) in [5, 5.41) is 0. The highest BCUT2D eigenvalue weighted by Crippen LogP contribution is 2.37. The molecular weight excluding hydrogens is 561 g/mol. The van der Waals surface area contributed by atoms with Crippen LogP contribution in [0.3, 0.4) is 0 Å². The molecule has 0 fully saturated rings. The van der Waals surface area contributed by atoms with Crippen molar-refractivity contribution in [3.63, 3.8) is 0 Å². The summed E-state index contributed by atoms with van der Waals surface area (Å²) in [6, 6.07) is 0. The Morgan fingerprint density at radius 2 is 1.85 bits per heavy atom. The SMILES string of the molecule is CCCCCCOC(=O)O[C@@H](C)C(CC)C1CCC=C(C2=NSCI=C2OCCCCCC)C1. The molecule has 0 aromatic carbocycles. The lowest BCUT2D eigenvalue weighted by Gasteiger charge is -2.34. The minimum atomic E-state index is -0.515. The van der Waals surface area contributed by atoms with Gasteiger partial charge in [0.05, 0.1) is 17.0 Å². The number of hydrogen-bond donors (Lipinski definition) is 0. The maximum atomic E-state index is 12.2. The van der Waals surface area contributed by atoms with Gasteiger partial charge >= 0.3 is 6.16 Å². The molecule has 2 unspecified atom stereocenters. The fourth-order valence-electron chi connectivity index (χ4n) is 4.75. The zero-order chi connectivity index (χ0) is 24.6. The number of rotatable bonds is 16. The maximum Gasteiger partial charge on any atom is 0.508 e. The number of carbonyl (C=O) groups excluding carboxylic acids is 1. The van der Waals surface area contributed by atoms with Crippen LogP contribution in [-0.4, -0.2) is 38.6 Å². The molecule has 0 aromatic rings. The lowest BCUT2D eigenvalue weighted by atomic mass is 9.75. The van der Waals surface area contributed by atoms with Gasteiger partial charge in [-0.05, 0) is 74.8 Å². The number of nitrogens with zero attached hydrogens (tertiary/aromatic N) is 1. The molecule has 0 amide bonds. The molecule has 0 saturated carbocycles. The molecule has 0 bridgehead atoms. The van der Waals surface area contributed by atoms with Crippen LogP contribution in [0.25, 0.3) is 0 Å². The predicted molar refractivity (Wildman–Crippen MR) is 154 cm³/mol. The summed E-state index contributed by atoms with van der Waals surface area (Å²) in [5.74, 6) is 0.803. The van der Waals surface area contributed by atoms with Crippen LogP contribution in [0.15, 0.2) is 16.0 Å². The van der Waals surface area contributed by atoms with Crippen LogP contribution in [0.5, 0.6) is 0 Å². The summed E-state index contributed by atoms with van der Waals surface area (Å²) in [5.41, 5.74) is 2.47. The zero-order valence-electron chi connectivity index (χ0n) is 21.8. The van der Waals surface area contributed by atoms with Crippen molar-refractivity contribution in [2.75, 3.05) is 17.0 Å². The molecule has 3 atom stereocenters. The summed E-state index contributed by atoms with van der Waals surface area (Å²) in [6.07, 6.45) is 15.1. The number of hydrogen-bond acceptors (Lipinski definition) is 6. The fraction of sp³-hybridized carbons (Fsp3) is 0.815. The van der Waals surface area contributed by atoms with E-state index in [2.05, 4.69) is 26.8 Å². The van der Waals surface area contributed by atoms with E-state index in [0.717, 1.165) is 61.0 Å². The molecule has 5 nitrogen and oxygen atoms in total. The molecule has 0 aromatic heterocycles. The second-order valence-electron chi connectivity index (χ2n) is 9.32. The van der Waals surface area contributed by atoms with Crippen molar-refractivity contribution < 1.29 is 19.0 Å². The molecule has 196 valence electrons. The molecule has 0 N–H and O–H groups in total. The third-order valence-corrected chi connectivity index (χ3v) is 10.5. The van der Waals surface area contributed by atoms with Gasteiger partial charge < -0.3 is 14.2 Å². The minimum absolute atomic E-state index is 0.114. The largest absolute Gasteiger partial charge is 0.508 e. The summed E-state index contributed by atoms with van der Waals surface area (Å²) >= 11 is 1.59. The van der Waals surface area contributed by atoms with Crippen LogP contribution in [-0.2, 0) is 14.2 Å². The van der Waals surface area contributed by atoms with Gasteiger partial charge in [-0.2, -0.15) is 0 Å². The topological polar surface area (TPSA) is 57.1 Å². The van der Waals surface area contributed by atoms with Gasteiger partial charge in [0.2, 0.25) is 0 Å². The number of carbonyl (C=O) groups is 1. The molecule has 2 aliphatic rings. The van der Waals surface area contributed by atoms with Gasteiger partial charge in [0.1, 0.15) is 15.5 Å². The van der Waals surface area contributed by atoms with E-state index in [1.807, 2.05) is 6.92 Å². The van der Waals surface area contributed by atoms with E-state index in [0.29, 0.717) is 18.4 Å². The minimum Gasteiger partial charge on any atom is -0.434 e. The second kappa shape index (κ2) is 17.9. The molecule has 0 saturated heterocycles. The highest BCUT2D eigenvalue weighted by molar-refractivity contribution is 14.2. The molecule has 0 radical (unpaired) electrons. The van der Waals surface area contributed by atoms with Crippen molar-refractivity contribution in [3.05, 3.63) is 11.6 Å². The average molecular weight is 608 g/mol. The Balaban J connectivity index is 1.88. The quantitative estimate of drug-likeness (QED) is 0.0578. The van der Waals surface area contributed by atoms with Gasteiger partial charge in [0, 0.05) is 0 Å². The smallest absolute Gasteiger partial charge is 0.434 e. The van der Waals surface area contributed by atoms with Gasteiger partial charge in [-0.15, -0.1) is 0 Å². The van der Waals surface area contributed by atoms with Crippen molar-refractivity contribution in [3.8, 4) is 0 Å². The van der Waals surface area contributed by atoms with E-state index < -0.39 is 6.16 Å². The first kappa shape index (κ1) is 29.8. The van der Waals surface area contributed by atoms with Gasteiger partial charge in [-0.3, -0.25) is 0 Å². The van der Waals surface area contributed by atoms with Gasteiger partial charge in [0.25, 0.3) is 0 Å². The number of alkyl halides is 1. The van der Waals surface area contributed by atoms with Crippen LogP contribution in [0.4, 0.5) is 4.79 Å². The summed E-state index contributed by atoms with van der Waals surface area (Å²) in [4.78, 5) is 12.2. The average Bonchev–Trinajstić information content (AvgIpc) is 2.84. The highest BCUT2D eigenvalue weighted by atomic mass is 127. The summed E-state index contributed by atoms with van der Waals surface area (Å²) in [7, 11) is 0. The van der Waals surface area contributed by atoms with Crippen LogP contribution < -0.4 is 0 Å². The summed E-state index contributed by atoms with van der Waals surface area (Å²) < 4.78 is 24.4. The normalized spacial score (nSPS) is 20.4. The number of halogens is 1. The van der Waals surface area contributed by atoms with Gasteiger partial charge in [0.15, 0.2) is 0 Å². The Labute approximate surface area is 222 Å². The predicted octanol–water partition coefficient (Wildman–Crippen LogP) is 8.62. The van der Waals surface area contributed by atoms with Crippen LogP contribution in [0.1, 0.15) is 105 Å². The van der Waals surface area contributed by atoms with E-state index in [9.17, 15) is 4.79 Å². The van der Waals surface area contributed by atoms with Crippen molar-refractivity contribution in [1.82, 2.24) is 0 Å². The van der Waals surface area contributed by atoms with Crippen molar-refractivity contribution in [2.24, 2.45) is 16.2 Å². The Morgan fingerprint density at radius 1 is 1.12 bits per heavy atom. The lowest BCUT2D eigenvalue weighted by Crippen LogP contribution is -2.33. The molecule has 1 aliphatic carbocycles. The second-order valence-corrected chi connectivity index (χ2v) is 13.6. The molecular formula is C27H46INO4S. The van der Waals surface area contributed by atoms with Gasteiger partial charge in [-0.25, -0.2) is 9.19 Å². The molecule has 0 spiro atoms. The first-order valence-corrected chi connectivity index (χ1v) is 17.0. The number of unbranched alkanes of at least 4 members (excludes halogenated alkanes) is 6. The molecule has 34 heavy (non-hydrogen) atoms. The number of ether oxygens (including phenoxy) is 3. The Kier molecular flexibility index (Phi) is 15.7. The molecule has 7 heteroatoms. The standard InChI is InChI=1S/C27H46INO4S/c1-5-8-10-12-17-31-26-25(29-34-20-28-26)23-16-14-15-22(19-23)24(7-3)21(4)33-27(30)32-18-13-11-9-6-2/h16,21-22,24H,5-15,17-20H2,1-4H3/t21-,22?,24?/m0/s1. The molecule has 2 rings (SSSR count).